The van der Waals surface area contributed by atoms with Crippen molar-refractivity contribution in [3.63, 3.8) is 0 Å². The molecule has 0 bridgehead atoms. The Bertz CT molecular complexity index is 2690. The van der Waals surface area contributed by atoms with Crippen molar-refractivity contribution in [2.24, 2.45) is 0 Å². The van der Waals surface area contributed by atoms with Gasteiger partial charge in [0.25, 0.3) is 0 Å². The fourth-order valence-corrected chi connectivity index (χ4v) is 8.44. The minimum Gasteiger partial charge on any atom is -0.337 e. The summed E-state index contributed by atoms with van der Waals surface area (Å²) in [4.78, 5) is 2.46. The van der Waals surface area contributed by atoms with Crippen LogP contribution in [0.5, 0.6) is 0 Å². The summed E-state index contributed by atoms with van der Waals surface area (Å²) < 4.78 is 2.14. The fourth-order valence-electron chi connectivity index (χ4n) is 8.44. The van der Waals surface area contributed by atoms with Crippen molar-refractivity contribution in [3.8, 4) is 46.1 Å². The van der Waals surface area contributed by atoms with Crippen LogP contribution in [-0.4, -0.2) is 10.6 Å². The molecule has 240 valence electrons. The van der Waals surface area contributed by atoms with Gasteiger partial charge in [-0.1, -0.05) is 84.9 Å². The van der Waals surface area contributed by atoms with Crippen molar-refractivity contribution in [2.75, 3.05) is 4.90 Å². The third-order valence-corrected chi connectivity index (χ3v) is 10.9. The Hall–Kier alpha value is -6.87. The molecule has 0 spiro atoms. The second-order valence-electron chi connectivity index (χ2n) is 13.6. The van der Waals surface area contributed by atoms with Gasteiger partial charge in [0.15, 0.2) is 0 Å². The number of rotatable bonds is 4. The van der Waals surface area contributed by atoms with Crippen LogP contribution in [0.25, 0.3) is 49.7 Å². The van der Waals surface area contributed by atoms with E-state index in [1.807, 2.05) is 48.5 Å². The summed E-state index contributed by atoms with van der Waals surface area (Å²) in [5.74, 6) is 0. The molecule has 51 heavy (non-hydrogen) atoms. The van der Waals surface area contributed by atoms with E-state index in [9.17, 15) is 15.8 Å². The van der Waals surface area contributed by atoms with Gasteiger partial charge in [-0.3, -0.25) is 0 Å². The predicted molar refractivity (Wildman–Crippen MR) is 204 cm³/mol. The Labute approximate surface area is 296 Å². The van der Waals surface area contributed by atoms with Crippen molar-refractivity contribution in [1.82, 2.24) is 4.57 Å². The summed E-state index contributed by atoms with van der Waals surface area (Å²) in [6, 6.07) is 50.6. The van der Waals surface area contributed by atoms with Crippen LogP contribution in [0.1, 0.15) is 42.0 Å². The molecule has 1 aliphatic heterocycles. The number of anilines is 2. The highest BCUT2D eigenvalue weighted by atomic mass is 15.2. The van der Waals surface area contributed by atoms with Crippen LogP contribution in [0.3, 0.4) is 0 Å². The molecule has 1 aliphatic carbocycles. The Morgan fingerprint density at radius 1 is 0.647 bits per heavy atom. The Morgan fingerprint density at radius 2 is 1.33 bits per heavy atom. The highest BCUT2D eigenvalue weighted by molar-refractivity contribution is 6.11. The van der Waals surface area contributed by atoms with Crippen LogP contribution in [0.15, 0.2) is 140 Å². The van der Waals surface area contributed by atoms with Crippen molar-refractivity contribution in [3.05, 3.63) is 162 Å². The lowest BCUT2D eigenvalue weighted by molar-refractivity contribution is 0.441. The number of nitriles is 3. The average Bonchev–Trinajstić information content (AvgIpc) is 3.67. The van der Waals surface area contributed by atoms with E-state index in [2.05, 4.69) is 126 Å². The molecular weight excluding hydrogens is 623 g/mol. The maximum atomic E-state index is 10.1. The zero-order chi connectivity index (χ0) is 34.7. The summed E-state index contributed by atoms with van der Waals surface area (Å²) in [6.07, 6.45) is 6.71. The lowest BCUT2D eigenvalue weighted by Crippen LogP contribution is -2.41. The molecule has 5 nitrogen and oxygen atoms in total. The smallest absolute Gasteiger partial charge is 0.101 e. The Morgan fingerprint density at radius 3 is 2.10 bits per heavy atom. The highest BCUT2D eigenvalue weighted by Gasteiger charge is 2.47. The molecule has 1 aromatic heterocycles. The van der Waals surface area contributed by atoms with Gasteiger partial charge in [0.05, 0.1) is 45.5 Å². The second kappa shape index (κ2) is 11.6. The zero-order valence-electron chi connectivity index (χ0n) is 28.0. The highest BCUT2D eigenvalue weighted by Crippen LogP contribution is 2.53. The van der Waals surface area contributed by atoms with Crippen molar-refractivity contribution in [1.29, 1.82) is 15.8 Å². The van der Waals surface area contributed by atoms with Crippen molar-refractivity contribution < 1.29 is 0 Å². The lowest BCUT2D eigenvalue weighted by Gasteiger charge is -2.37. The van der Waals surface area contributed by atoms with Gasteiger partial charge in [-0.15, -0.1) is 0 Å². The second-order valence-corrected chi connectivity index (χ2v) is 13.6. The largest absolute Gasteiger partial charge is 0.337 e. The van der Waals surface area contributed by atoms with E-state index in [0.29, 0.717) is 16.7 Å². The number of aromatic nitrogens is 1. The number of hydrogen-bond acceptors (Lipinski definition) is 4. The molecule has 0 N–H and O–H groups in total. The Kier molecular flexibility index (Phi) is 6.89. The summed E-state index contributed by atoms with van der Waals surface area (Å²) in [6.45, 7) is 2.30. The minimum absolute atomic E-state index is 0.144. The van der Waals surface area contributed by atoms with Crippen LogP contribution >= 0.6 is 0 Å². The van der Waals surface area contributed by atoms with E-state index in [4.69, 9.17) is 0 Å². The van der Waals surface area contributed by atoms with Gasteiger partial charge in [-0.25, -0.2) is 0 Å². The number of nitrogens with zero attached hydrogens (tertiary/aromatic N) is 5. The predicted octanol–water partition coefficient (Wildman–Crippen LogP) is 10.9. The molecule has 0 amide bonds. The van der Waals surface area contributed by atoms with Gasteiger partial charge in [-0.05, 0) is 96.6 Å². The monoisotopic (exact) mass is 653 g/mol. The molecule has 2 aliphatic rings. The van der Waals surface area contributed by atoms with Crippen molar-refractivity contribution >= 4 is 33.2 Å². The summed E-state index contributed by atoms with van der Waals surface area (Å²) in [7, 11) is 0. The third-order valence-electron chi connectivity index (χ3n) is 10.9. The molecule has 0 radical (unpaired) electrons. The topological polar surface area (TPSA) is 79.5 Å². The molecule has 6 aromatic carbocycles. The molecule has 7 aromatic rings. The molecule has 0 fully saturated rings. The van der Waals surface area contributed by atoms with E-state index < -0.39 is 0 Å². The first-order chi connectivity index (χ1) is 25.0. The van der Waals surface area contributed by atoms with Crippen LogP contribution in [0, 0.1) is 34.0 Å². The van der Waals surface area contributed by atoms with Gasteiger partial charge in [0, 0.05) is 39.2 Å². The quantitative estimate of drug-likeness (QED) is 0.177. The van der Waals surface area contributed by atoms with E-state index >= 15 is 0 Å². The molecule has 5 heteroatoms. The SMILES string of the molecule is CC12C=CCCC1N(c1ccc(-c3ccc(-c4ccc(C#N)cc4-n4c5ccccc5c5cccc(C#N)c54)cc3)cc1)c1ccc(C#N)cc12. The maximum Gasteiger partial charge on any atom is 0.101 e. The summed E-state index contributed by atoms with van der Waals surface area (Å²) in [5.41, 5.74) is 12.1. The van der Waals surface area contributed by atoms with Crippen LogP contribution in [-0.2, 0) is 5.41 Å². The first kappa shape index (κ1) is 30.2. The fraction of sp³-hybridized carbons (Fsp3) is 0.109. The summed E-state index contributed by atoms with van der Waals surface area (Å²) >= 11 is 0. The van der Waals surface area contributed by atoms with Crippen LogP contribution < -0.4 is 4.90 Å². The molecule has 0 saturated carbocycles. The Balaban J connectivity index is 1.10. The minimum atomic E-state index is -0.144. The molecular formula is C46H31N5. The number of benzene rings is 6. The average molecular weight is 654 g/mol. The van der Waals surface area contributed by atoms with E-state index in [1.54, 1.807) is 0 Å². The van der Waals surface area contributed by atoms with E-state index in [-0.39, 0.29) is 11.5 Å². The maximum absolute atomic E-state index is 10.1. The molecule has 9 rings (SSSR count). The van der Waals surface area contributed by atoms with Gasteiger partial charge in [-0.2, -0.15) is 15.8 Å². The number of fused-ring (bicyclic) bond motifs is 6. The molecule has 2 heterocycles. The number of para-hydroxylation sites is 2. The first-order valence-corrected chi connectivity index (χ1v) is 17.2. The normalized spacial score (nSPS) is 17.5. The van der Waals surface area contributed by atoms with Crippen LogP contribution in [0.2, 0.25) is 0 Å². The third kappa shape index (κ3) is 4.59. The van der Waals surface area contributed by atoms with E-state index in [0.717, 1.165) is 68.3 Å². The van der Waals surface area contributed by atoms with Gasteiger partial charge in [0.1, 0.15) is 6.07 Å². The lowest BCUT2D eigenvalue weighted by atomic mass is 9.73. The number of hydrogen-bond donors (Lipinski definition) is 0. The van der Waals surface area contributed by atoms with Gasteiger partial charge in [0.2, 0.25) is 0 Å². The number of allylic oxidation sites excluding steroid dienone is 1. The molecule has 0 saturated heterocycles. The van der Waals surface area contributed by atoms with Gasteiger partial charge < -0.3 is 9.47 Å². The standard InChI is InChI=1S/C46H31N5/c1-46-24-5-4-11-44(46)50(42-23-13-30(27-47)25-40(42)46)36-20-18-33(19-21-36)32-14-16-34(17-15-32)37-22-12-31(28-48)26-43(37)51-41-10-3-2-8-38(41)39-9-6-7-35(29-49)45(39)51/h2-3,5-10,12-26,44H,4,11H2,1H3. The van der Waals surface area contributed by atoms with Crippen LogP contribution in [0.4, 0.5) is 11.4 Å². The molecule has 2 unspecified atom stereocenters. The summed E-state index contributed by atoms with van der Waals surface area (Å²) in [5, 5.41) is 31.7. The van der Waals surface area contributed by atoms with E-state index in [1.165, 1.54) is 11.3 Å². The van der Waals surface area contributed by atoms with Gasteiger partial charge >= 0.3 is 0 Å². The van der Waals surface area contributed by atoms with Crippen molar-refractivity contribution in [2.45, 2.75) is 31.2 Å². The first-order valence-electron chi connectivity index (χ1n) is 17.2. The zero-order valence-corrected chi connectivity index (χ0v) is 28.0. The molecule has 2 atom stereocenters.